The second-order valence-corrected chi connectivity index (χ2v) is 5.46. The fourth-order valence-electron chi connectivity index (χ4n) is 2.13. The Labute approximate surface area is 162 Å². The maximum absolute atomic E-state index is 11.2. The van der Waals surface area contributed by atoms with Gasteiger partial charge in [0.1, 0.15) is 6.09 Å². The molecular weight excluding hydrogens is 307 g/mol. The van der Waals surface area contributed by atoms with Gasteiger partial charge in [0.15, 0.2) is 0 Å². The molecule has 0 saturated carbocycles. The van der Waals surface area contributed by atoms with Crippen LogP contribution >= 0.6 is 0 Å². The van der Waals surface area contributed by atoms with Gasteiger partial charge in [0.05, 0.1) is 6.61 Å². The maximum atomic E-state index is 11.2. The molecule has 0 saturated heterocycles. The fourth-order valence-corrected chi connectivity index (χ4v) is 2.13. The number of nitrogens with one attached hydrogen (secondary N) is 2. The van der Waals surface area contributed by atoms with Gasteiger partial charge in [-0.25, -0.2) is 4.79 Å². The van der Waals surface area contributed by atoms with Gasteiger partial charge in [0, 0.05) is 13.1 Å². The van der Waals surface area contributed by atoms with Gasteiger partial charge in [0.25, 0.3) is 0 Å². The number of hydrogen-bond acceptors (Lipinski definition) is 4. The van der Waals surface area contributed by atoms with Crippen molar-refractivity contribution in [3.8, 4) is 0 Å². The van der Waals surface area contributed by atoms with E-state index in [9.17, 15) is 14.7 Å². The molecule has 2 amide bonds. The Bertz CT molecular complexity index is 291. The van der Waals surface area contributed by atoms with E-state index < -0.39 is 12.2 Å². The largest absolute Gasteiger partial charge is 1.00 e. The van der Waals surface area contributed by atoms with Crippen molar-refractivity contribution in [2.75, 3.05) is 19.7 Å². The van der Waals surface area contributed by atoms with Gasteiger partial charge in [-0.15, -0.1) is 0 Å². The maximum Gasteiger partial charge on any atom is 1.00 e. The molecule has 130 valence electrons. The molecular formula is C16H31N2NaO4. The van der Waals surface area contributed by atoms with Crippen molar-refractivity contribution in [2.45, 2.75) is 71.1 Å². The van der Waals surface area contributed by atoms with Crippen LogP contribution in [0, 0.1) is 0 Å². The fraction of sp³-hybridized carbons (Fsp3) is 0.875. The van der Waals surface area contributed by atoms with Crippen molar-refractivity contribution in [3.05, 3.63) is 0 Å². The first-order valence-electron chi connectivity index (χ1n) is 8.52. The van der Waals surface area contributed by atoms with Crippen molar-refractivity contribution in [3.63, 3.8) is 0 Å². The number of unbranched alkanes of at least 4 members (excludes halogenated alkanes) is 9. The first-order chi connectivity index (χ1) is 10.7. The third kappa shape index (κ3) is 21.5. The molecule has 0 aromatic carbocycles. The number of carbonyl (C=O) groups is 2. The van der Waals surface area contributed by atoms with Gasteiger partial charge in [-0.3, -0.25) is 0 Å². The zero-order valence-electron chi connectivity index (χ0n) is 14.8. The number of alkyl carbamates (subject to hydrolysis) is 1. The molecule has 0 aliphatic heterocycles. The molecule has 0 unspecified atom stereocenters. The average molecular weight is 338 g/mol. The summed E-state index contributed by atoms with van der Waals surface area (Å²) < 4.78 is 4.98. The van der Waals surface area contributed by atoms with Gasteiger partial charge in [0.2, 0.25) is 0 Å². The Morgan fingerprint density at radius 2 is 1.30 bits per heavy atom. The molecule has 0 atom stereocenters. The van der Waals surface area contributed by atoms with Crippen LogP contribution in [0.1, 0.15) is 71.1 Å². The first kappa shape index (κ1) is 24.8. The molecule has 0 bridgehead atoms. The van der Waals surface area contributed by atoms with E-state index in [0.29, 0.717) is 6.61 Å². The Kier molecular flexibility index (Phi) is 21.1. The quantitative estimate of drug-likeness (QED) is 0.332. The Morgan fingerprint density at radius 1 is 0.826 bits per heavy atom. The van der Waals surface area contributed by atoms with Crippen molar-refractivity contribution < 1.29 is 49.0 Å². The van der Waals surface area contributed by atoms with Crippen molar-refractivity contribution in [1.82, 2.24) is 10.6 Å². The van der Waals surface area contributed by atoms with Crippen LogP contribution in [-0.4, -0.2) is 31.9 Å². The minimum Gasteiger partial charge on any atom is -0.530 e. The van der Waals surface area contributed by atoms with Crippen LogP contribution in [-0.2, 0) is 4.74 Å². The molecule has 0 aromatic rings. The predicted octanol–water partition coefficient (Wildman–Crippen LogP) is -0.430. The Morgan fingerprint density at radius 3 is 1.83 bits per heavy atom. The Balaban J connectivity index is 0. The number of hydrogen-bond donors (Lipinski definition) is 2. The van der Waals surface area contributed by atoms with Gasteiger partial charge < -0.3 is 25.3 Å². The second kappa shape index (κ2) is 19.6. The Hall–Kier alpha value is -0.460. The van der Waals surface area contributed by atoms with Gasteiger partial charge in [-0.2, -0.15) is 0 Å². The number of carbonyl (C=O) groups excluding carboxylic acids is 2. The summed E-state index contributed by atoms with van der Waals surface area (Å²) in [4.78, 5) is 21.3. The van der Waals surface area contributed by atoms with Gasteiger partial charge in [-0.1, -0.05) is 64.7 Å². The van der Waals surface area contributed by atoms with Crippen LogP contribution in [0.25, 0.3) is 0 Å². The monoisotopic (exact) mass is 338 g/mol. The number of rotatable bonds is 14. The van der Waals surface area contributed by atoms with Crippen LogP contribution in [0.3, 0.4) is 0 Å². The normalized spacial score (nSPS) is 9.78. The van der Waals surface area contributed by atoms with Crippen LogP contribution in [0.4, 0.5) is 9.59 Å². The third-order valence-corrected chi connectivity index (χ3v) is 3.39. The minimum atomic E-state index is -1.35. The molecule has 2 N–H and O–H groups in total. The summed E-state index contributed by atoms with van der Waals surface area (Å²) in [7, 11) is 0. The third-order valence-electron chi connectivity index (χ3n) is 3.39. The van der Waals surface area contributed by atoms with Crippen molar-refractivity contribution in [2.24, 2.45) is 0 Å². The zero-order chi connectivity index (χ0) is 16.5. The summed E-state index contributed by atoms with van der Waals surface area (Å²) in [6.45, 7) is 2.96. The number of amides is 2. The van der Waals surface area contributed by atoms with Gasteiger partial charge >= 0.3 is 35.7 Å². The molecule has 0 spiro atoms. The SMILES string of the molecule is CCCCCCCCCCCCOC(=O)NCCNC(=O)[O-].[Na+]. The van der Waals surface area contributed by atoms with Crippen molar-refractivity contribution in [1.29, 1.82) is 0 Å². The molecule has 23 heavy (non-hydrogen) atoms. The smallest absolute Gasteiger partial charge is 0.530 e. The van der Waals surface area contributed by atoms with Crippen LogP contribution < -0.4 is 45.3 Å². The average Bonchev–Trinajstić information content (AvgIpc) is 2.49. The number of ether oxygens (including phenoxy) is 1. The zero-order valence-corrected chi connectivity index (χ0v) is 16.8. The van der Waals surface area contributed by atoms with E-state index in [1.54, 1.807) is 0 Å². The van der Waals surface area contributed by atoms with E-state index in [1.165, 1.54) is 51.4 Å². The summed E-state index contributed by atoms with van der Waals surface area (Å²) >= 11 is 0. The molecule has 0 aliphatic rings. The van der Waals surface area contributed by atoms with Crippen molar-refractivity contribution >= 4 is 12.2 Å². The van der Waals surface area contributed by atoms with E-state index >= 15 is 0 Å². The summed E-state index contributed by atoms with van der Waals surface area (Å²) in [5.41, 5.74) is 0. The van der Waals surface area contributed by atoms with E-state index in [2.05, 4.69) is 12.2 Å². The molecule has 0 heterocycles. The summed E-state index contributed by atoms with van der Waals surface area (Å²) in [5.74, 6) is 0. The molecule has 0 fully saturated rings. The van der Waals surface area contributed by atoms with E-state index in [1.807, 2.05) is 5.32 Å². The number of carboxylic acid groups (broad SMARTS) is 1. The van der Waals surface area contributed by atoms with Crippen LogP contribution in [0.2, 0.25) is 0 Å². The molecule has 7 heteroatoms. The molecule has 0 radical (unpaired) electrons. The molecule has 0 aliphatic carbocycles. The molecule has 0 rings (SSSR count). The summed E-state index contributed by atoms with van der Waals surface area (Å²) in [6, 6.07) is 0. The van der Waals surface area contributed by atoms with Gasteiger partial charge in [-0.05, 0) is 6.42 Å². The first-order valence-corrected chi connectivity index (χ1v) is 8.52. The van der Waals surface area contributed by atoms with E-state index in [0.717, 1.165) is 12.8 Å². The summed E-state index contributed by atoms with van der Waals surface area (Å²) in [6.07, 6.45) is 10.5. The standard InChI is InChI=1S/C16H32N2O4.Na/c1-2-3-4-5-6-7-8-9-10-11-14-22-16(21)18-13-12-17-15(19)20;/h17H,2-14H2,1H3,(H,18,21)(H,19,20);/q;+1/p-1. The second-order valence-electron chi connectivity index (χ2n) is 5.46. The van der Waals surface area contributed by atoms with Crippen LogP contribution in [0.5, 0.6) is 0 Å². The van der Waals surface area contributed by atoms with Crippen LogP contribution in [0.15, 0.2) is 0 Å². The summed E-state index contributed by atoms with van der Waals surface area (Å²) in [5, 5.41) is 14.6. The molecule has 6 nitrogen and oxygen atoms in total. The predicted molar refractivity (Wildman–Crippen MR) is 84.6 cm³/mol. The van der Waals surface area contributed by atoms with E-state index in [-0.39, 0.29) is 42.6 Å². The van der Waals surface area contributed by atoms with E-state index in [4.69, 9.17) is 4.74 Å². The topological polar surface area (TPSA) is 90.5 Å². The minimum absolute atomic E-state index is 0. The molecule has 0 aromatic heterocycles.